The molecule has 3 rings (SSSR count). The maximum absolute atomic E-state index is 12.0. The van der Waals surface area contributed by atoms with Crippen LogP contribution in [-0.4, -0.2) is 16.1 Å². The number of aromatic nitrogens is 2. The standard InChI is InChI=1S/C15H13N3OS/c1-10-7-14(18-17-10)15(19)16-13-4-2-3-11(8-13)12-5-6-20-9-12/h2-9H,1H3,(H,16,19)(H,17,18). The Morgan fingerprint density at radius 2 is 2.15 bits per heavy atom. The summed E-state index contributed by atoms with van der Waals surface area (Å²) in [5, 5.41) is 13.7. The van der Waals surface area contributed by atoms with Crippen molar-refractivity contribution in [1.82, 2.24) is 10.2 Å². The van der Waals surface area contributed by atoms with Crippen molar-refractivity contribution in [3.8, 4) is 11.1 Å². The first kappa shape index (κ1) is 12.6. The third kappa shape index (κ3) is 2.62. The van der Waals surface area contributed by atoms with Gasteiger partial charge in [0.05, 0.1) is 0 Å². The van der Waals surface area contributed by atoms with Crippen LogP contribution < -0.4 is 5.32 Å². The highest BCUT2D eigenvalue weighted by atomic mass is 32.1. The molecule has 20 heavy (non-hydrogen) atoms. The first-order valence-electron chi connectivity index (χ1n) is 6.18. The van der Waals surface area contributed by atoms with Crippen LogP contribution in [0.1, 0.15) is 16.2 Å². The minimum absolute atomic E-state index is 0.211. The van der Waals surface area contributed by atoms with Gasteiger partial charge in [-0.2, -0.15) is 16.4 Å². The maximum Gasteiger partial charge on any atom is 0.276 e. The van der Waals surface area contributed by atoms with Crippen LogP contribution in [0.4, 0.5) is 5.69 Å². The van der Waals surface area contributed by atoms with Crippen molar-refractivity contribution < 1.29 is 4.79 Å². The number of hydrogen-bond donors (Lipinski definition) is 2. The van der Waals surface area contributed by atoms with Crippen molar-refractivity contribution in [2.24, 2.45) is 0 Å². The summed E-state index contributed by atoms with van der Waals surface area (Å²) in [4.78, 5) is 12.0. The van der Waals surface area contributed by atoms with E-state index in [0.717, 1.165) is 22.5 Å². The summed E-state index contributed by atoms with van der Waals surface area (Å²) in [5.41, 5.74) is 4.26. The molecule has 1 aromatic carbocycles. The summed E-state index contributed by atoms with van der Waals surface area (Å²) in [6, 6.07) is 11.6. The summed E-state index contributed by atoms with van der Waals surface area (Å²) in [6.07, 6.45) is 0. The predicted octanol–water partition coefficient (Wildman–Crippen LogP) is 3.70. The van der Waals surface area contributed by atoms with Crippen LogP contribution in [0.3, 0.4) is 0 Å². The van der Waals surface area contributed by atoms with E-state index in [1.807, 2.05) is 36.6 Å². The molecular formula is C15H13N3OS. The quantitative estimate of drug-likeness (QED) is 0.770. The Kier molecular flexibility index (Phi) is 3.35. The monoisotopic (exact) mass is 283 g/mol. The molecule has 4 nitrogen and oxygen atoms in total. The zero-order chi connectivity index (χ0) is 13.9. The zero-order valence-electron chi connectivity index (χ0n) is 10.9. The van der Waals surface area contributed by atoms with Crippen molar-refractivity contribution >= 4 is 22.9 Å². The van der Waals surface area contributed by atoms with Gasteiger partial charge in [0.1, 0.15) is 0 Å². The Morgan fingerprint density at radius 1 is 1.25 bits per heavy atom. The second-order valence-corrected chi connectivity index (χ2v) is 5.26. The van der Waals surface area contributed by atoms with Gasteiger partial charge in [0.15, 0.2) is 5.69 Å². The van der Waals surface area contributed by atoms with Crippen LogP contribution in [0, 0.1) is 6.92 Å². The van der Waals surface area contributed by atoms with E-state index in [1.165, 1.54) is 0 Å². The minimum atomic E-state index is -0.211. The van der Waals surface area contributed by atoms with Crippen molar-refractivity contribution in [3.05, 3.63) is 58.5 Å². The fourth-order valence-electron chi connectivity index (χ4n) is 1.93. The molecule has 0 aliphatic carbocycles. The number of H-pyrrole nitrogens is 1. The zero-order valence-corrected chi connectivity index (χ0v) is 11.7. The minimum Gasteiger partial charge on any atom is -0.321 e. The molecule has 2 aromatic heterocycles. The molecule has 0 unspecified atom stereocenters. The first-order valence-corrected chi connectivity index (χ1v) is 7.12. The average molecular weight is 283 g/mol. The van der Waals surface area contributed by atoms with Crippen LogP contribution >= 0.6 is 11.3 Å². The average Bonchev–Trinajstić information content (AvgIpc) is 3.10. The molecular weight excluding hydrogens is 270 g/mol. The van der Waals surface area contributed by atoms with Gasteiger partial charge in [-0.3, -0.25) is 9.89 Å². The Hall–Kier alpha value is -2.40. The normalized spacial score (nSPS) is 10.4. The summed E-state index contributed by atoms with van der Waals surface area (Å²) in [5.74, 6) is -0.211. The van der Waals surface area contributed by atoms with Gasteiger partial charge in [0.25, 0.3) is 5.91 Å². The number of nitrogens with one attached hydrogen (secondary N) is 2. The van der Waals surface area contributed by atoms with E-state index in [4.69, 9.17) is 0 Å². The predicted molar refractivity (Wildman–Crippen MR) is 81.0 cm³/mol. The number of thiophene rings is 1. The molecule has 0 atom stereocenters. The molecule has 0 radical (unpaired) electrons. The first-order chi connectivity index (χ1) is 9.72. The molecule has 100 valence electrons. The van der Waals surface area contributed by atoms with Crippen LogP contribution in [0.15, 0.2) is 47.2 Å². The smallest absolute Gasteiger partial charge is 0.276 e. The number of nitrogens with zero attached hydrogens (tertiary/aromatic N) is 1. The van der Waals surface area contributed by atoms with E-state index in [-0.39, 0.29) is 5.91 Å². The fraction of sp³-hybridized carbons (Fsp3) is 0.0667. The number of anilines is 1. The van der Waals surface area contributed by atoms with Crippen LogP contribution in [-0.2, 0) is 0 Å². The lowest BCUT2D eigenvalue weighted by molar-refractivity contribution is 0.102. The van der Waals surface area contributed by atoms with Gasteiger partial charge in [0, 0.05) is 11.4 Å². The number of carbonyl (C=O) groups excluding carboxylic acids is 1. The molecule has 2 N–H and O–H groups in total. The second kappa shape index (κ2) is 5.30. The number of aromatic amines is 1. The molecule has 0 fully saturated rings. The second-order valence-electron chi connectivity index (χ2n) is 4.48. The topological polar surface area (TPSA) is 57.8 Å². The largest absolute Gasteiger partial charge is 0.321 e. The lowest BCUT2D eigenvalue weighted by Crippen LogP contribution is -2.12. The highest BCUT2D eigenvalue weighted by Crippen LogP contribution is 2.24. The number of carbonyl (C=O) groups is 1. The van der Waals surface area contributed by atoms with Gasteiger partial charge >= 0.3 is 0 Å². The Bertz CT molecular complexity index is 731. The number of rotatable bonds is 3. The molecule has 0 spiro atoms. The SMILES string of the molecule is Cc1cc(C(=O)Nc2cccc(-c3ccsc3)c2)n[nH]1. The van der Waals surface area contributed by atoms with Crippen molar-refractivity contribution in [2.45, 2.75) is 6.92 Å². The molecule has 0 aliphatic heterocycles. The van der Waals surface area contributed by atoms with E-state index in [0.29, 0.717) is 5.69 Å². The van der Waals surface area contributed by atoms with Crippen molar-refractivity contribution in [1.29, 1.82) is 0 Å². The molecule has 0 aliphatic rings. The molecule has 0 saturated carbocycles. The van der Waals surface area contributed by atoms with E-state index in [2.05, 4.69) is 27.0 Å². The van der Waals surface area contributed by atoms with E-state index >= 15 is 0 Å². The Balaban J connectivity index is 1.81. The van der Waals surface area contributed by atoms with Gasteiger partial charge < -0.3 is 5.32 Å². The molecule has 0 saturated heterocycles. The summed E-state index contributed by atoms with van der Waals surface area (Å²) >= 11 is 1.65. The molecule has 2 heterocycles. The molecule has 0 bridgehead atoms. The highest BCUT2D eigenvalue weighted by molar-refractivity contribution is 7.08. The van der Waals surface area contributed by atoms with Gasteiger partial charge in [0.2, 0.25) is 0 Å². The maximum atomic E-state index is 12.0. The summed E-state index contributed by atoms with van der Waals surface area (Å²) in [7, 11) is 0. The van der Waals surface area contributed by atoms with Crippen molar-refractivity contribution in [2.75, 3.05) is 5.32 Å². The number of hydrogen-bond acceptors (Lipinski definition) is 3. The lowest BCUT2D eigenvalue weighted by atomic mass is 10.1. The Morgan fingerprint density at radius 3 is 2.85 bits per heavy atom. The van der Waals surface area contributed by atoms with Crippen LogP contribution in [0.25, 0.3) is 11.1 Å². The molecule has 5 heteroatoms. The lowest BCUT2D eigenvalue weighted by Gasteiger charge is -2.05. The van der Waals surface area contributed by atoms with Gasteiger partial charge in [-0.05, 0) is 53.1 Å². The number of benzene rings is 1. The fourth-order valence-corrected chi connectivity index (χ4v) is 2.60. The third-order valence-corrected chi connectivity index (χ3v) is 3.60. The molecule has 3 aromatic rings. The molecule has 1 amide bonds. The summed E-state index contributed by atoms with van der Waals surface area (Å²) < 4.78 is 0. The number of amides is 1. The van der Waals surface area contributed by atoms with Gasteiger partial charge in [-0.1, -0.05) is 12.1 Å². The van der Waals surface area contributed by atoms with Gasteiger partial charge in [-0.15, -0.1) is 0 Å². The Labute approximate surface area is 120 Å². The van der Waals surface area contributed by atoms with E-state index in [1.54, 1.807) is 17.4 Å². The highest BCUT2D eigenvalue weighted by Gasteiger charge is 2.09. The summed E-state index contributed by atoms with van der Waals surface area (Å²) in [6.45, 7) is 1.86. The van der Waals surface area contributed by atoms with Crippen LogP contribution in [0.2, 0.25) is 0 Å². The van der Waals surface area contributed by atoms with E-state index in [9.17, 15) is 4.79 Å². The van der Waals surface area contributed by atoms with Crippen LogP contribution in [0.5, 0.6) is 0 Å². The van der Waals surface area contributed by atoms with Crippen molar-refractivity contribution in [3.63, 3.8) is 0 Å². The third-order valence-electron chi connectivity index (χ3n) is 2.91. The number of aryl methyl sites for hydroxylation is 1. The van der Waals surface area contributed by atoms with E-state index < -0.39 is 0 Å². The van der Waals surface area contributed by atoms with Gasteiger partial charge in [-0.25, -0.2) is 0 Å².